The van der Waals surface area contributed by atoms with Crippen LogP contribution in [0.1, 0.15) is 27.2 Å². The number of thiophene rings is 1. The van der Waals surface area contributed by atoms with E-state index in [9.17, 15) is 9.59 Å². The largest absolute Gasteiger partial charge is 0.364 e. The first-order chi connectivity index (χ1) is 8.58. The van der Waals surface area contributed by atoms with Gasteiger partial charge in [0.05, 0.1) is 0 Å². The number of pyridine rings is 1. The molecule has 0 saturated carbocycles. The molecule has 0 fully saturated rings. The monoisotopic (exact) mass is 262 g/mol. The number of nitrogens with one attached hydrogen (secondary N) is 2. The van der Waals surface area contributed by atoms with Gasteiger partial charge in [-0.15, -0.1) is 0 Å². The van der Waals surface area contributed by atoms with Gasteiger partial charge >= 0.3 is 0 Å². The number of H-pyrrole nitrogens is 1. The summed E-state index contributed by atoms with van der Waals surface area (Å²) >= 11 is 1.60. The number of hydrogen-bond acceptors (Lipinski definition) is 3. The molecule has 0 bridgehead atoms. The van der Waals surface area contributed by atoms with Gasteiger partial charge in [0, 0.05) is 24.5 Å². The van der Waals surface area contributed by atoms with Gasteiger partial charge in [0.2, 0.25) is 0 Å². The predicted molar refractivity (Wildman–Crippen MR) is 72.0 cm³/mol. The summed E-state index contributed by atoms with van der Waals surface area (Å²) in [5.41, 5.74) is 2.86. The summed E-state index contributed by atoms with van der Waals surface area (Å²) in [6.07, 6.45) is 1.45. The molecule has 0 spiro atoms. The van der Waals surface area contributed by atoms with Crippen LogP contribution in [0.15, 0.2) is 27.8 Å². The Morgan fingerprint density at radius 1 is 1.39 bits per heavy atom. The molecule has 4 nitrogen and oxygen atoms in total. The molecule has 2 aromatic rings. The summed E-state index contributed by atoms with van der Waals surface area (Å²) in [6, 6.07) is 1.42. The fraction of sp³-hybridized carbons (Fsp3) is 0.231. The molecule has 1 amide bonds. The van der Waals surface area contributed by atoms with Crippen molar-refractivity contribution in [2.45, 2.75) is 20.4 Å². The zero-order chi connectivity index (χ0) is 13.1. The number of amides is 1. The minimum atomic E-state index is -0.346. The minimum Gasteiger partial charge on any atom is -0.364 e. The number of carbonyl (C=O) groups excluding carboxylic acids is 1. The van der Waals surface area contributed by atoms with Crippen LogP contribution in [0.2, 0.25) is 0 Å². The van der Waals surface area contributed by atoms with E-state index in [0.717, 1.165) is 16.8 Å². The van der Waals surface area contributed by atoms with Crippen molar-refractivity contribution >= 4 is 17.2 Å². The summed E-state index contributed by atoms with van der Waals surface area (Å²) in [6.45, 7) is 4.22. The Labute approximate surface area is 109 Å². The molecule has 0 unspecified atom stereocenters. The molecular weight excluding hydrogens is 248 g/mol. The second-order valence-corrected chi connectivity index (χ2v) is 4.90. The van der Waals surface area contributed by atoms with E-state index in [0.29, 0.717) is 6.54 Å². The first-order valence-electron chi connectivity index (χ1n) is 5.57. The van der Waals surface area contributed by atoms with Crippen LogP contribution in [0.3, 0.4) is 0 Å². The van der Waals surface area contributed by atoms with Crippen molar-refractivity contribution in [2.75, 3.05) is 0 Å². The van der Waals surface area contributed by atoms with Crippen LogP contribution in [-0.4, -0.2) is 10.9 Å². The third-order valence-corrected chi connectivity index (χ3v) is 3.61. The number of rotatable bonds is 3. The summed E-state index contributed by atoms with van der Waals surface area (Å²) in [5, 5.41) is 6.77. The Morgan fingerprint density at radius 2 is 2.17 bits per heavy atom. The number of aromatic amines is 1. The lowest BCUT2D eigenvalue weighted by Crippen LogP contribution is -2.28. The quantitative estimate of drug-likeness (QED) is 0.888. The molecule has 5 heteroatoms. The Hall–Kier alpha value is -1.88. The van der Waals surface area contributed by atoms with Crippen molar-refractivity contribution in [1.82, 2.24) is 10.3 Å². The Kier molecular flexibility index (Phi) is 3.62. The van der Waals surface area contributed by atoms with Gasteiger partial charge in [-0.3, -0.25) is 9.59 Å². The van der Waals surface area contributed by atoms with Crippen molar-refractivity contribution in [3.05, 3.63) is 55.6 Å². The van der Waals surface area contributed by atoms with Crippen molar-refractivity contribution < 1.29 is 4.79 Å². The van der Waals surface area contributed by atoms with Crippen LogP contribution < -0.4 is 10.7 Å². The molecule has 0 aliphatic rings. The molecule has 0 aliphatic carbocycles. The maximum atomic E-state index is 11.9. The van der Waals surface area contributed by atoms with Crippen LogP contribution in [0.25, 0.3) is 0 Å². The fourth-order valence-corrected chi connectivity index (χ4v) is 2.45. The fourth-order valence-electron chi connectivity index (χ4n) is 1.59. The molecular formula is C13H14N2O2S. The van der Waals surface area contributed by atoms with Gasteiger partial charge in [-0.05, 0) is 35.7 Å². The first kappa shape index (κ1) is 12.6. The topological polar surface area (TPSA) is 62.0 Å². The maximum Gasteiger partial charge on any atom is 0.257 e. The average molecular weight is 262 g/mol. The van der Waals surface area contributed by atoms with Crippen LogP contribution in [0.4, 0.5) is 0 Å². The van der Waals surface area contributed by atoms with E-state index in [1.807, 2.05) is 17.7 Å². The van der Waals surface area contributed by atoms with Crippen LogP contribution in [0, 0.1) is 13.8 Å². The highest BCUT2D eigenvalue weighted by Crippen LogP contribution is 2.13. The van der Waals surface area contributed by atoms with Crippen LogP contribution in [-0.2, 0) is 6.54 Å². The zero-order valence-electron chi connectivity index (χ0n) is 10.2. The van der Waals surface area contributed by atoms with Gasteiger partial charge in [-0.1, -0.05) is 0 Å². The Morgan fingerprint density at radius 3 is 2.78 bits per heavy atom. The summed E-state index contributed by atoms with van der Waals surface area (Å²) in [5.74, 6) is -0.346. The van der Waals surface area contributed by atoms with Gasteiger partial charge in [0.25, 0.3) is 5.91 Å². The molecule has 0 aromatic carbocycles. The van der Waals surface area contributed by atoms with Gasteiger partial charge in [-0.25, -0.2) is 0 Å². The molecule has 0 atom stereocenters. The molecule has 2 heterocycles. The van der Waals surface area contributed by atoms with Gasteiger partial charge in [0.1, 0.15) is 5.56 Å². The minimum absolute atomic E-state index is 0.147. The molecule has 2 rings (SSSR count). The van der Waals surface area contributed by atoms with E-state index in [2.05, 4.69) is 10.3 Å². The van der Waals surface area contributed by atoms with E-state index < -0.39 is 0 Å². The Bertz CT molecular complexity index is 628. The van der Waals surface area contributed by atoms with Gasteiger partial charge in [0.15, 0.2) is 5.43 Å². The van der Waals surface area contributed by atoms with Crippen molar-refractivity contribution in [3.63, 3.8) is 0 Å². The summed E-state index contributed by atoms with van der Waals surface area (Å²) in [7, 11) is 0. The number of aryl methyl sites for hydroxylation is 2. The lowest BCUT2D eigenvalue weighted by molar-refractivity contribution is 0.0949. The molecule has 18 heavy (non-hydrogen) atoms. The highest BCUT2D eigenvalue weighted by Gasteiger charge is 2.10. The van der Waals surface area contributed by atoms with E-state index in [-0.39, 0.29) is 16.9 Å². The molecule has 2 N–H and O–H groups in total. The second-order valence-electron chi connectivity index (χ2n) is 4.16. The van der Waals surface area contributed by atoms with Crippen molar-refractivity contribution in [3.8, 4) is 0 Å². The Balaban J connectivity index is 2.09. The highest BCUT2D eigenvalue weighted by molar-refractivity contribution is 7.08. The van der Waals surface area contributed by atoms with Gasteiger partial charge in [-0.2, -0.15) is 11.3 Å². The molecule has 2 aromatic heterocycles. The van der Waals surface area contributed by atoms with E-state index in [1.165, 1.54) is 12.3 Å². The lowest BCUT2D eigenvalue weighted by Gasteiger charge is -2.04. The summed E-state index contributed by atoms with van der Waals surface area (Å²) < 4.78 is 0. The summed E-state index contributed by atoms with van der Waals surface area (Å²) in [4.78, 5) is 26.4. The zero-order valence-corrected chi connectivity index (χ0v) is 11.1. The maximum absolute atomic E-state index is 11.9. The second kappa shape index (κ2) is 5.18. The van der Waals surface area contributed by atoms with Crippen molar-refractivity contribution in [1.29, 1.82) is 0 Å². The first-order valence-corrected chi connectivity index (χ1v) is 6.51. The number of hydrogen-bond donors (Lipinski definition) is 2. The third-order valence-electron chi connectivity index (χ3n) is 2.70. The number of carbonyl (C=O) groups is 1. The van der Waals surface area contributed by atoms with Crippen LogP contribution in [0.5, 0.6) is 0 Å². The number of aromatic nitrogens is 1. The molecule has 0 aliphatic heterocycles. The normalized spacial score (nSPS) is 10.3. The predicted octanol–water partition coefficient (Wildman–Crippen LogP) is 1.98. The van der Waals surface area contributed by atoms with E-state index in [4.69, 9.17) is 0 Å². The van der Waals surface area contributed by atoms with Crippen LogP contribution >= 0.6 is 11.3 Å². The van der Waals surface area contributed by atoms with E-state index in [1.54, 1.807) is 18.3 Å². The molecule has 94 valence electrons. The smallest absolute Gasteiger partial charge is 0.257 e. The molecule has 0 saturated heterocycles. The SMILES string of the molecule is Cc1cc(=O)c(C(=O)NCc2cscc2C)c[nH]1. The molecule has 0 radical (unpaired) electrons. The van der Waals surface area contributed by atoms with E-state index >= 15 is 0 Å². The van der Waals surface area contributed by atoms with Gasteiger partial charge < -0.3 is 10.3 Å². The lowest BCUT2D eigenvalue weighted by atomic mass is 10.2. The highest BCUT2D eigenvalue weighted by atomic mass is 32.1. The average Bonchev–Trinajstić information content (AvgIpc) is 2.72. The standard InChI is InChI=1S/C13H14N2O2S/c1-8-6-18-7-10(8)4-15-13(17)11-5-14-9(2)3-12(11)16/h3,5-7H,4H2,1-2H3,(H,14,16)(H,15,17). The third kappa shape index (κ3) is 2.68. The van der Waals surface area contributed by atoms with Crippen molar-refractivity contribution in [2.24, 2.45) is 0 Å².